The Labute approximate surface area is 248 Å². The number of ether oxygens (including phenoxy) is 4. The summed E-state index contributed by atoms with van der Waals surface area (Å²) in [5.74, 6) is -47.9. The van der Waals surface area contributed by atoms with Crippen molar-refractivity contribution < 1.29 is 156 Å². The first-order valence-electron chi connectivity index (χ1n) is 10.0. The maximum atomic E-state index is 14.3. The van der Waals surface area contributed by atoms with Crippen LogP contribution in [0.2, 0.25) is 0 Å². The van der Waals surface area contributed by atoms with Gasteiger partial charge in [-0.25, -0.2) is 4.79 Å². The number of carbonyl (C=O) groups is 1. The Bertz CT molecular complexity index is 1230. The minimum absolute atomic E-state index is 0.808. The number of carboxylic acids is 1. The number of hydrogen-bond acceptors (Lipinski definition) is 5. The molecule has 6 nitrogen and oxygen atoms in total. The molecule has 0 aliphatic rings. The monoisotopic (exact) mass is 828 g/mol. The highest BCUT2D eigenvalue weighted by Gasteiger charge is 2.90. The van der Waals surface area contributed by atoms with Gasteiger partial charge in [0.15, 0.2) is 0 Å². The van der Waals surface area contributed by atoms with Crippen molar-refractivity contribution in [2.45, 2.75) is 84.7 Å². The lowest BCUT2D eigenvalue weighted by molar-refractivity contribution is -0.592. The Morgan fingerprint density at radius 3 is 0.720 bits per heavy atom. The highest BCUT2D eigenvalue weighted by Crippen LogP contribution is 2.61. The fourth-order valence-electron chi connectivity index (χ4n) is 2.20. The lowest BCUT2D eigenvalue weighted by atomic mass is 10.2. The Morgan fingerprint density at radius 2 is 0.540 bits per heavy atom. The van der Waals surface area contributed by atoms with E-state index < -0.39 is 90.6 Å². The van der Waals surface area contributed by atoms with E-state index in [1.165, 1.54) is 4.74 Å². The Morgan fingerprint density at radius 1 is 0.320 bits per heavy atom. The van der Waals surface area contributed by atoms with Crippen LogP contribution < -0.4 is 0 Å². The quantitative estimate of drug-likeness (QED) is 0.188. The van der Waals surface area contributed by atoms with Gasteiger partial charge in [-0.2, -0.15) is 127 Å². The van der Waals surface area contributed by atoms with Crippen LogP contribution in [0.5, 0.6) is 0 Å². The average Bonchev–Trinajstić information content (AvgIpc) is 2.78. The SMILES string of the molecule is O=C(O)[C@](F)(OC(F)(F)[C@](F)(OC(F)(F)[C@](F)(OC(F)(F)[C@@](F)(OC(F)(F)C(F)(F)C(F)(F)F)C(F)(F)F)C(F)(F)F)C(F)(F)F)C(F)(F)F. The summed E-state index contributed by atoms with van der Waals surface area (Å²) in [4.78, 5) is 10.3. The molecule has 35 heteroatoms. The summed E-state index contributed by atoms with van der Waals surface area (Å²) in [6, 6.07) is 0. The van der Waals surface area contributed by atoms with Gasteiger partial charge in [-0.3, -0.25) is 18.9 Å². The van der Waals surface area contributed by atoms with E-state index >= 15 is 0 Å². The van der Waals surface area contributed by atoms with E-state index in [9.17, 15) is 132 Å². The molecular weight excluding hydrogens is 827 g/mol. The van der Waals surface area contributed by atoms with E-state index in [4.69, 9.17) is 5.11 Å². The minimum Gasteiger partial charge on any atom is -0.477 e. The van der Waals surface area contributed by atoms with Gasteiger partial charge in [0.05, 0.1) is 0 Å². The van der Waals surface area contributed by atoms with Crippen molar-refractivity contribution in [3.63, 3.8) is 0 Å². The van der Waals surface area contributed by atoms with Crippen molar-refractivity contribution >= 4 is 5.97 Å². The third-order valence-electron chi connectivity index (χ3n) is 4.65. The molecule has 0 aromatic rings. The minimum atomic E-state index is -9.26. The molecule has 0 heterocycles. The third-order valence-corrected chi connectivity index (χ3v) is 4.65. The Hall–Kier alpha value is -2.72. The summed E-state index contributed by atoms with van der Waals surface area (Å²) in [6.07, 6.45) is -77.8. The van der Waals surface area contributed by atoms with Gasteiger partial charge >= 0.3 is 90.6 Å². The molecule has 0 aromatic carbocycles. The second kappa shape index (κ2) is 12.2. The first kappa shape index (κ1) is 47.3. The van der Waals surface area contributed by atoms with Crippen LogP contribution in [-0.4, -0.2) is 95.7 Å². The molecule has 0 bridgehead atoms. The highest BCUT2D eigenvalue weighted by molar-refractivity contribution is 5.76. The van der Waals surface area contributed by atoms with Gasteiger partial charge in [-0.1, -0.05) is 0 Å². The molecule has 0 aliphatic heterocycles. The van der Waals surface area contributed by atoms with E-state index in [-0.39, 0.29) is 0 Å². The van der Waals surface area contributed by atoms with Crippen LogP contribution in [0.25, 0.3) is 0 Å². The van der Waals surface area contributed by atoms with Crippen molar-refractivity contribution in [2.75, 3.05) is 0 Å². The summed E-state index contributed by atoms with van der Waals surface area (Å²) in [7, 11) is 0. The molecule has 0 saturated carbocycles. The number of halogens is 29. The van der Waals surface area contributed by atoms with Gasteiger partial charge < -0.3 is 5.11 Å². The van der Waals surface area contributed by atoms with Crippen LogP contribution in [0, 0.1) is 0 Å². The summed E-state index contributed by atoms with van der Waals surface area (Å²) < 4.78 is 386. The normalized spacial score (nSPS) is 20.4. The van der Waals surface area contributed by atoms with E-state index in [1.807, 2.05) is 0 Å². The zero-order chi connectivity index (χ0) is 41.4. The van der Waals surface area contributed by atoms with Gasteiger partial charge in [0.1, 0.15) is 0 Å². The van der Waals surface area contributed by atoms with Crippen LogP contribution in [0.3, 0.4) is 0 Å². The van der Waals surface area contributed by atoms with Crippen molar-refractivity contribution in [1.82, 2.24) is 0 Å². The maximum absolute atomic E-state index is 14.3. The largest absolute Gasteiger partial charge is 0.477 e. The van der Waals surface area contributed by atoms with E-state index in [2.05, 4.69) is 0 Å². The number of hydrogen-bond donors (Lipinski definition) is 1. The van der Waals surface area contributed by atoms with Crippen molar-refractivity contribution in [1.29, 1.82) is 0 Å². The molecular formula is C15HF29O6. The van der Waals surface area contributed by atoms with Crippen molar-refractivity contribution in [3.05, 3.63) is 0 Å². The fraction of sp³-hybridized carbons (Fsp3) is 0.933. The first-order chi connectivity index (χ1) is 21.0. The molecule has 0 unspecified atom stereocenters. The Kier molecular flexibility index (Phi) is 11.5. The van der Waals surface area contributed by atoms with Crippen LogP contribution in [0.4, 0.5) is 127 Å². The summed E-state index contributed by atoms with van der Waals surface area (Å²) >= 11 is 0. The molecule has 50 heavy (non-hydrogen) atoms. The molecule has 0 rings (SSSR count). The lowest BCUT2D eigenvalue weighted by Crippen LogP contribution is -2.72. The van der Waals surface area contributed by atoms with E-state index in [1.54, 1.807) is 0 Å². The first-order valence-corrected chi connectivity index (χ1v) is 10.0. The molecule has 300 valence electrons. The Balaban J connectivity index is 7.69. The van der Waals surface area contributed by atoms with Crippen LogP contribution in [0.15, 0.2) is 0 Å². The third kappa shape index (κ3) is 7.57. The molecule has 0 aliphatic carbocycles. The van der Waals surface area contributed by atoms with Gasteiger partial charge in [0.2, 0.25) is 0 Å². The molecule has 4 atom stereocenters. The molecule has 0 amide bonds. The highest BCUT2D eigenvalue weighted by atomic mass is 19.4. The zero-order valence-electron chi connectivity index (χ0n) is 20.9. The number of aliphatic carboxylic acids is 1. The van der Waals surface area contributed by atoms with Crippen LogP contribution in [-0.2, 0) is 23.7 Å². The summed E-state index contributed by atoms with van der Waals surface area (Å²) in [5.41, 5.74) is 0. The van der Waals surface area contributed by atoms with Gasteiger partial charge in [-0.15, -0.1) is 0 Å². The second-order valence-corrected chi connectivity index (χ2v) is 8.22. The van der Waals surface area contributed by atoms with Crippen LogP contribution in [0.1, 0.15) is 0 Å². The maximum Gasteiger partial charge on any atom is 0.462 e. The van der Waals surface area contributed by atoms with Crippen molar-refractivity contribution in [2.24, 2.45) is 0 Å². The number of rotatable bonds is 13. The lowest BCUT2D eigenvalue weighted by Gasteiger charge is -2.43. The van der Waals surface area contributed by atoms with Gasteiger partial charge in [0.25, 0.3) is 0 Å². The fourth-order valence-corrected chi connectivity index (χ4v) is 2.20. The standard InChI is InChI=1S/C15HF29O6/c16-2(1(45)46,7(22,23)24)47-13(39,40)4(19,9(28,29)30)49-15(43,44)6(21,11(34,35)36)50-14(41,42)5(20,10(31,32)33)48-12(37,38)3(17,18)8(25,26)27/h(H,45,46)/t2-,4+,5-,6+/m0/s1. The molecule has 0 aromatic heterocycles. The van der Waals surface area contributed by atoms with Crippen LogP contribution >= 0.6 is 0 Å². The predicted molar refractivity (Wildman–Crippen MR) is 82.3 cm³/mol. The van der Waals surface area contributed by atoms with Gasteiger partial charge in [-0.05, 0) is 0 Å². The topological polar surface area (TPSA) is 74.2 Å². The number of alkyl halides is 29. The smallest absolute Gasteiger partial charge is 0.462 e. The summed E-state index contributed by atoms with van der Waals surface area (Å²) in [6.45, 7) is 0. The molecule has 0 fully saturated rings. The molecule has 0 spiro atoms. The van der Waals surface area contributed by atoms with E-state index in [0.717, 1.165) is 14.2 Å². The second-order valence-electron chi connectivity index (χ2n) is 8.22. The number of carboxylic acid groups (broad SMARTS) is 1. The van der Waals surface area contributed by atoms with E-state index in [0.29, 0.717) is 0 Å². The average molecular weight is 828 g/mol. The molecule has 1 N–H and O–H groups in total. The summed E-state index contributed by atoms with van der Waals surface area (Å²) in [5, 5.41) is 7.95. The molecule has 0 radical (unpaired) electrons. The van der Waals surface area contributed by atoms with Gasteiger partial charge in [0, 0.05) is 0 Å². The molecule has 0 saturated heterocycles. The predicted octanol–water partition coefficient (Wildman–Crippen LogP) is 8.62. The zero-order valence-corrected chi connectivity index (χ0v) is 20.9. The van der Waals surface area contributed by atoms with Crippen molar-refractivity contribution in [3.8, 4) is 0 Å².